The molecule has 24 heavy (non-hydrogen) atoms. The predicted octanol–water partition coefficient (Wildman–Crippen LogP) is 3.28. The number of rotatable bonds is 6. The van der Waals surface area contributed by atoms with Crippen molar-refractivity contribution in [3.8, 4) is 0 Å². The van der Waals surface area contributed by atoms with Crippen molar-refractivity contribution >= 4 is 17.7 Å². The van der Waals surface area contributed by atoms with E-state index in [1.54, 1.807) is 6.07 Å². The molecule has 0 aliphatic rings. The van der Waals surface area contributed by atoms with Crippen LogP contribution in [0.1, 0.15) is 37.7 Å². The van der Waals surface area contributed by atoms with Gasteiger partial charge in [-0.1, -0.05) is 39.0 Å². The Kier molecular flexibility index (Phi) is 6.40. The fraction of sp³-hybridized carbons (Fsp3) is 0.368. The second-order valence-electron chi connectivity index (χ2n) is 6.62. The summed E-state index contributed by atoms with van der Waals surface area (Å²) in [6, 6.07) is 13.8. The third-order valence-corrected chi connectivity index (χ3v) is 4.60. The molecule has 0 radical (unpaired) electrons. The van der Waals surface area contributed by atoms with Gasteiger partial charge in [-0.3, -0.25) is 9.78 Å². The summed E-state index contributed by atoms with van der Waals surface area (Å²) >= 11 is 1.52. The molecule has 1 aromatic carbocycles. The molecular formula is C19H24N2O2S. The maximum atomic E-state index is 12.0. The Hall–Kier alpha value is -1.85. The molecule has 1 heterocycles. The largest absolute Gasteiger partial charge is 0.390 e. The average Bonchev–Trinajstić information content (AvgIpc) is 2.58. The van der Waals surface area contributed by atoms with Gasteiger partial charge in [0.25, 0.3) is 0 Å². The van der Waals surface area contributed by atoms with Crippen molar-refractivity contribution in [2.45, 2.75) is 44.2 Å². The van der Waals surface area contributed by atoms with E-state index >= 15 is 0 Å². The van der Waals surface area contributed by atoms with E-state index in [2.05, 4.69) is 55.3 Å². The molecular weight excluding hydrogens is 320 g/mol. The molecule has 1 amide bonds. The van der Waals surface area contributed by atoms with Gasteiger partial charge in [0.05, 0.1) is 30.3 Å². The zero-order valence-electron chi connectivity index (χ0n) is 14.4. The number of thioether (sulfide) groups is 1. The van der Waals surface area contributed by atoms with E-state index in [-0.39, 0.29) is 17.9 Å². The van der Waals surface area contributed by atoms with Crippen LogP contribution in [0.25, 0.3) is 0 Å². The van der Waals surface area contributed by atoms with Gasteiger partial charge in [-0.05, 0) is 35.2 Å². The van der Waals surface area contributed by atoms with Crippen LogP contribution in [-0.2, 0) is 23.4 Å². The van der Waals surface area contributed by atoms with Gasteiger partial charge in [-0.15, -0.1) is 11.8 Å². The lowest BCUT2D eigenvalue weighted by atomic mass is 9.87. The maximum Gasteiger partial charge on any atom is 0.230 e. The lowest BCUT2D eigenvalue weighted by Gasteiger charge is -2.19. The number of aliphatic hydroxyl groups is 1. The minimum Gasteiger partial charge on any atom is -0.390 e. The Balaban J connectivity index is 1.80. The molecule has 0 atom stereocenters. The molecule has 2 N–H and O–H groups in total. The number of aromatic nitrogens is 1. The molecule has 0 aliphatic heterocycles. The predicted molar refractivity (Wildman–Crippen MR) is 97.9 cm³/mol. The van der Waals surface area contributed by atoms with Gasteiger partial charge in [0.1, 0.15) is 0 Å². The maximum absolute atomic E-state index is 12.0. The van der Waals surface area contributed by atoms with E-state index in [9.17, 15) is 4.79 Å². The van der Waals surface area contributed by atoms with Gasteiger partial charge in [0.2, 0.25) is 5.91 Å². The Bertz CT molecular complexity index is 679. The van der Waals surface area contributed by atoms with Gasteiger partial charge in [0.15, 0.2) is 0 Å². The minimum atomic E-state index is -0.0950. The van der Waals surface area contributed by atoms with Crippen LogP contribution >= 0.6 is 11.8 Å². The van der Waals surface area contributed by atoms with Crippen molar-refractivity contribution in [2.75, 3.05) is 5.75 Å². The van der Waals surface area contributed by atoms with Crippen molar-refractivity contribution in [3.63, 3.8) is 0 Å². The molecule has 0 unspecified atom stereocenters. The molecule has 0 saturated carbocycles. The van der Waals surface area contributed by atoms with Gasteiger partial charge >= 0.3 is 0 Å². The van der Waals surface area contributed by atoms with Crippen LogP contribution in [0.15, 0.2) is 47.4 Å². The third kappa shape index (κ3) is 5.65. The van der Waals surface area contributed by atoms with Gasteiger partial charge in [0, 0.05) is 4.90 Å². The van der Waals surface area contributed by atoms with Crippen LogP contribution in [0.2, 0.25) is 0 Å². The van der Waals surface area contributed by atoms with Crippen LogP contribution in [0.3, 0.4) is 0 Å². The fourth-order valence-corrected chi connectivity index (χ4v) is 2.88. The topological polar surface area (TPSA) is 62.2 Å². The van der Waals surface area contributed by atoms with Crippen molar-refractivity contribution in [3.05, 3.63) is 59.4 Å². The summed E-state index contributed by atoms with van der Waals surface area (Å²) in [5.41, 5.74) is 2.77. The molecule has 0 saturated heterocycles. The van der Waals surface area contributed by atoms with Crippen molar-refractivity contribution < 1.29 is 9.90 Å². The molecule has 0 aliphatic carbocycles. The Morgan fingerprint density at radius 1 is 1.12 bits per heavy atom. The Morgan fingerprint density at radius 2 is 1.79 bits per heavy atom. The van der Waals surface area contributed by atoms with Crippen molar-refractivity contribution in [1.82, 2.24) is 10.3 Å². The molecule has 128 valence electrons. The Labute approximate surface area is 147 Å². The molecule has 0 fully saturated rings. The monoisotopic (exact) mass is 344 g/mol. The Morgan fingerprint density at radius 3 is 2.42 bits per heavy atom. The van der Waals surface area contributed by atoms with E-state index in [0.717, 1.165) is 10.6 Å². The fourth-order valence-electron chi connectivity index (χ4n) is 2.16. The SMILES string of the molecule is CC(C)(C)c1ccc(SCC(=O)NCc2cccc(CO)n2)cc1. The summed E-state index contributed by atoms with van der Waals surface area (Å²) < 4.78 is 0. The number of benzene rings is 1. The lowest BCUT2D eigenvalue weighted by molar-refractivity contribution is -0.118. The second-order valence-corrected chi connectivity index (χ2v) is 7.67. The van der Waals surface area contributed by atoms with Crippen LogP contribution in [0, 0.1) is 0 Å². The number of hydrogen-bond donors (Lipinski definition) is 2. The van der Waals surface area contributed by atoms with Crippen LogP contribution in [-0.4, -0.2) is 21.8 Å². The smallest absolute Gasteiger partial charge is 0.230 e. The zero-order valence-corrected chi connectivity index (χ0v) is 15.2. The van der Waals surface area contributed by atoms with Crippen LogP contribution in [0.5, 0.6) is 0 Å². The quantitative estimate of drug-likeness (QED) is 0.790. The molecule has 2 aromatic rings. The highest BCUT2D eigenvalue weighted by Crippen LogP contribution is 2.25. The molecule has 0 bridgehead atoms. The highest BCUT2D eigenvalue weighted by molar-refractivity contribution is 8.00. The molecule has 2 rings (SSSR count). The van der Waals surface area contributed by atoms with Crippen LogP contribution < -0.4 is 5.32 Å². The first-order chi connectivity index (χ1) is 11.4. The zero-order chi connectivity index (χ0) is 17.6. The van der Waals surface area contributed by atoms with Crippen LogP contribution in [0.4, 0.5) is 0 Å². The first kappa shape index (κ1) is 18.5. The van der Waals surface area contributed by atoms with Crippen molar-refractivity contribution in [2.24, 2.45) is 0 Å². The lowest BCUT2D eigenvalue weighted by Crippen LogP contribution is -2.25. The van der Waals surface area contributed by atoms with Gasteiger partial charge in [-0.2, -0.15) is 0 Å². The van der Waals surface area contributed by atoms with E-state index in [0.29, 0.717) is 18.0 Å². The van der Waals surface area contributed by atoms with E-state index in [1.165, 1.54) is 17.3 Å². The number of nitrogens with one attached hydrogen (secondary N) is 1. The van der Waals surface area contributed by atoms with E-state index in [4.69, 9.17) is 5.11 Å². The van der Waals surface area contributed by atoms with Gasteiger partial charge in [-0.25, -0.2) is 0 Å². The number of carbonyl (C=O) groups is 1. The van der Waals surface area contributed by atoms with Crippen molar-refractivity contribution in [1.29, 1.82) is 0 Å². The number of hydrogen-bond acceptors (Lipinski definition) is 4. The molecule has 4 nitrogen and oxygen atoms in total. The summed E-state index contributed by atoms with van der Waals surface area (Å²) in [4.78, 5) is 17.3. The third-order valence-electron chi connectivity index (χ3n) is 3.58. The second kappa shape index (κ2) is 8.31. The first-order valence-electron chi connectivity index (χ1n) is 7.94. The average molecular weight is 344 g/mol. The molecule has 5 heteroatoms. The normalized spacial score (nSPS) is 11.3. The highest BCUT2D eigenvalue weighted by atomic mass is 32.2. The number of pyridine rings is 1. The number of amides is 1. The summed E-state index contributed by atoms with van der Waals surface area (Å²) in [5, 5.41) is 11.9. The van der Waals surface area contributed by atoms with E-state index in [1.807, 2.05) is 12.1 Å². The summed E-state index contributed by atoms with van der Waals surface area (Å²) in [6.07, 6.45) is 0. The summed E-state index contributed by atoms with van der Waals surface area (Å²) in [5.74, 6) is 0.338. The summed E-state index contributed by atoms with van der Waals surface area (Å²) in [7, 11) is 0. The van der Waals surface area contributed by atoms with Gasteiger partial charge < -0.3 is 10.4 Å². The molecule has 0 spiro atoms. The minimum absolute atomic E-state index is 0.0314. The number of aliphatic hydroxyl groups excluding tert-OH is 1. The first-order valence-corrected chi connectivity index (χ1v) is 8.93. The number of carbonyl (C=O) groups excluding carboxylic acids is 1. The standard InChI is InChI=1S/C19H24N2O2S/c1-19(2,3)14-7-9-17(10-8-14)24-13-18(23)20-11-15-5-4-6-16(12-22)21-15/h4-10,22H,11-13H2,1-3H3,(H,20,23). The van der Waals surface area contributed by atoms with E-state index < -0.39 is 0 Å². The summed E-state index contributed by atoms with van der Waals surface area (Å²) in [6.45, 7) is 6.83. The highest BCUT2D eigenvalue weighted by Gasteiger charge is 2.13. The molecule has 1 aromatic heterocycles. The number of nitrogens with zero attached hydrogens (tertiary/aromatic N) is 1.